The van der Waals surface area contributed by atoms with E-state index in [0.29, 0.717) is 33.8 Å². The van der Waals surface area contributed by atoms with Gasteiger partial charge in [0.15, 0.2) is 0 Å². The maximum absolute atomic E-state index is 13.6. The Morgan fingerprint density at radius 2 is 1.35 bits per heavy atom. The number of allylic oxidation sites excluding steroid dienone is 2. The number of rotatable bonds is 11. The number of para-hydroxylation sites is 1. The minimum absolute atomic E-state index is 0.0727. The summed E-state index contributed by atoms with van der Waals surface area (Å²) >= 11 is 0. The number of hydrogen-bond acceptors (Lipinski definition) is 8. The molecule has 2 heterocycles. The number of nitrogens with zero attached hydrogens (tertiary/aromatic N) is 2. The van der Waals surface area contributed by atoms with E-state index in [0.717, 1.165) is 16.8 Å². The fourth-order valence-corrected chi connectivity index (χ4v) is 4.68. The zero-order valence-corrected chi connectivity index (χ0v) is 23.5. The average Bonchev–Trinajstić information content (AvgIpc) is 3.39. The molecule has 0 spiro atoms. The van der Waals surface area contributed by atoms with Crippen molar-refractivity contribution in [1.82, 2.24) is 15.1 Å². The Morgan fingerprint density at radius 1 is 0.800 bits per heavy atom. The molecule has 0 bridgehead atoms. The molecule has 0 fully saturated rings. The molecule has 0 atom stereocenters. The number of aryl methyl sites for hydroxylation is 1. The molecule has 1 aliphatic heterocycles. The zero-order chi connectivity index (χ0) is 28.6. The van der Waals surface area contributed by atoms with Crippen LogP contribution in [0.25, 0.3) is 16.9 Å². The second-order valence-corrected chi connectivity index (χ2v) is 9.47. The molecule has 2 aromatic carbocycles. The van der Waals surface area contributed by atoms with Gasteiger partial charge in [-0.05, 0) is 32.9 Å². The van der Waals surface area contributed by atoms with Gasteiger partial charge in [-0.25, -0.2) is 14.3 Å². The third kappa shape index (κ3) is 6.32. The maximum Gasteiger partial charge on any atom is 0.336 e. The van der Waals surface area contributed by atoms with Crippen molar-refractivity contribution in [3.8, 4) is 16.9 Å². The maximum atomic E-state index is 13.6. The molecular weight excluding hydrogens is 510 g/mol. The highest BCUT2D eigenvalue weighted by Gasteiger charge is 2.40. The first-order valence-corrected chi connectivity index (χ1v) is 13.1. The van der Waals surface area contributed by atoms with E-state index >= 15 is 0 Å². The molecule has 1 N–H and O–H groups in total. The molecule has 3 aromatic rings. The van der Waals surface area contributed by atoms with Crippen LogP contribution in [0.4, 0.5) is 0 Å². The lowest BCUT2D eigenvalue weighted by Gasteiger charge is -2.30. The number of methoxy groups -OCH3 is 2. The fraction of sp³-hybridized carbons (Fsp3) is 0.323. The predicted molar refractivity (Wildman–Crippen MR) is 151 cm³/mol. The summed E-state index contributed by atoms with van der Waals surface area (Å²) in [5.41, 5.74) is 5.88. The molecule has 0 saturated heterocycles. The first-order chi connectivity index (χ1) is 19.3. The number of hydrogen-bond donors (Lipinski definition) is 1. The van der Waals surface area contributed by atoms with Crippen LogP contribution in [-0.4, -0.2) is 62.4 Å². The smallest absolute Gasteiger partial charge is 0.336 e. The van der Waals surface area contributed by atoms with Gasteiger partial charge in [0.2, 0.25) is 0 Å². The van der Waals surface area contributed by atoms with Crippen LogP contribution in [0.3, 0.4) is 0 Å². The molecule has 0 radical (unpaired) electrons. The van der Waals surface area contributed by atoms with Crippen molar-refractivity contribution in [2.24, 2.45) is 0 Å². The number of carbonyl (C=O) groups excluding carboxylic acids is 2. The monoisotopic (exact) mass is 545 g/mol. The van der Waals surface area contributed by atoms with Crippen molar-refractivity contribution < 1.29 is 28.5 Å². The van der Waals surface area contributed by atoms with Crippen molar-refractivity contribution in [3.05, 3.63) is 94.5 Å². The van der Waals surface area contributed by atoms with Gasteiger partial charge in [-0.1, -0.05) is 48.0 Å². The highest BCUT2D eigenvalue weighted by molar-refractivity contribution is 6.00. The molecule has 4 rings (SSSR count). The highest BCUT2D eigenvalue weighted by atomic mass is 16.6. The SMILES string of the molecule is COCCOC(=O)C1=C(C)NC(C)=C(C(=O)OCCOC)C1c1cn(-c2ccccc2)nc1-c1ccc(C)cc1. The van der Waals surface area contributed by atoms with E-state index in [-0.39, 0.29) is 26.4 Å². The summed E-state index contributed by atoms with van der Waals surface area (Å²) in [5.74, 6) is -1.91. The summed E-state index contributed by atoms with van der Waals surface area (Å²) in [6, 6.07) is 17.7. The van der Waals surface area contributed by atoms with E-state index in [4.69, 9.17) is 24.0 Å². The molecule has 1 aromatic heterocycles. The predicted octanol–water partition coefficient (Wildman–Crippen LogP) is 4.46. The third-order valence-corrected chi connectivity index (χ3v) is 6.64. The number of aromatic nitrogens is 2. The van der Waals surface area contributed by atoms with Crippen LogP contribution in [0, 0.1) is 6.92 Å². The number of dihydropyridines is 1. The van der Waals surface area contributed by atoms with Crippen molar-refractivity contribution in [2.75, 3.05) is 40.6 Å². The van der Waals surface area contributed by atoms with Gasteiger partial charge in [-0.15, -0.1) is 0 Å². The van der Waals surface area contributed by atoms with Crippen LogP contribution >= 0.6 is 0 Å². The van der Waals surface area contributed by atoms with Crippen LogP contribution in [0.2, 0.25) is 0 Å². The van der Waals surface area contributed by atoms with Gasteiger partial charge < -0.3 is 24.3 Å². The topological polar surface area (TPSA) is 101 Å². The standard InChI is InChI=1S/C31H35N3O6/c1-20-11-13-23(14-12-20)29-25(19-34(33-29)24-9-7-6-8-10-24)28-26(30(35)39-17-15-37-4)21(2)32-22(3)27(28)31(36)40-18-16-38-5/h6-14,19,28,32H,15-18H2,1-5H3. The van der Waals surface area contributed by atoms with Gasteiger partial charge in [0, 0.05) is 42.9 Å². The molecule has 0 saturated carbocycles. The van der Waals surface area contributed by atoms with Crippen molar-refractivity contribution in [1.29, 1.82) is 0 Å². The van der Waals surface area contributed by atoms with Crippen molar-refractivity contribution in [3.63, 3.8) is 0 Å². The number of nitrogens with one attached hydrogen (secondary N) is 1. The summed E-state index contributed by atoms with van der Waals surface area (Å²) in [7, 11) is 3.07. The zero-order valence-electron chi connectivity index (χ0n) is 23.5. The van der Waals surface area contributed by atoms with E-state index in [9.17, 15) is 9.59 Å². The van der Waals surface area contributed by atoms with Gasteiger partial charge in [-0.3, -0.25) is 0 Å². The summed E-state index contributed by atoms with van der Waals surface area (Å²) in [6.45, 7) is 6.25. The van der Waals surface area contributed by atoms with Crippen LogP contribution in [0.15, 0.2) is 83.3 Å². The molecule has 0 aliphatic carbocycles. The van der Waals surface area contributed by atoms with E-state index in [1.807, 2.05) is 67.7 Å². The second-order valence-electron chi connectivity index (χ2n) is 9.47. The first kappa shape index (κ1) is 28.8. The van der Waals surface area contributed by atoms with E-state index in [1.165, 1.54) is 14.2 Å². The minimum atomic E-state index is -0.805. The molecule has 210 valence electrons. The van der Waals surface area contributed by atoms with Crippen molar-refractivity contribution >= 4 is 11.9 Å². The Kier molecular flexibility index (Phi) is 9.52. The Morgan fingerprint density at radius 3 is 1.88 bits per heavy atom. The molecule has 1 aliphatic rings. The number of ether oxygens (including phenoxy) is 4. The van der Waals surface area contributed by atoms with Crippen LogP contribution in [0.5, 0.6) is 0 Å². The van der Waals surface area contributed by atoms with E-state index < -0.39 is 17.9 Å². The Bertz CT molecular complexity index is 1360. The van der Waals surface area contributed by atoms with E-state index in [2.05, 4.69) is 5.32 Å². The van der Waals surface area contributed by atoms with E-state index in [1.54, 1.807) is 18.5 Å². The quantitative estimate of drug-likeness (QED) is 0.278. The average molecular weight is 546 g/mol. The molecule has 0 amide bonds. The molecule has 40 heavy (non-hydrogen) atoms. The van der Waals surface area contributed by atoms with Crippen LogP contribution < -0.4 is 5.32 Å². The molecular formula is C31H35N3O6. The normalized spacial score (nSPS) is 13.8. The Hall–Kier alpha value is -4.21. The Balaban J connectivity index is 1.92. The third-order valence-electron chi connectivity index (χ3n) is 6.64. The number of benzene rings is 2. The molecule has 0 unspecified atom stereocenters. The molecule has 9 nitrogen and oxygen atoms in total. The van der Waals surface area contributed by atoms with Gasteiger partial charge in [0.05, 0.1) is 41.7 Å². The van der Waals surface area contributed by atoms with Gasteiger partial charge in [0.25, 0.3) is 0 Å². The van der Waals surface area contributed by atoms with Gasteiger partial charge >= 0.3 is 11.9 Å². The molecule has 9 heteroatoms. The fourth-order valence-electron chi connectivity index (χ4n) is 4.68. The Labute approximate surface area is 234 Å². The lowest BCUT2D eigenvalue weighted by molar-refractivity contribution is -0.141. The van der Waals surface area contributed by atoms with Crippen LogP contribution in [0.1, 0.15) is 30.9 Å². The largest absolute Gasteiger partial charge is 0.460 e. The summed E-state index contributed by atoms with van der Waals surface area (Å²) in [6.07, 6.45) is 1.87. The summed E-state index contributed by atoms with van der Waals surface area (Å²) in [4.78, 5) is 27.1. The summed E-state index contributed by atoms with van der Waals surface area (Å²) < 4.78 is 23.1. The minimum Gasteiger partial charge on any atom is -0.460 e. The van der Waals surface area contributed by atoms with Crippen molar-refractivity contribution in [2.45, 2.75) is 26.7 Å². The van der Waals surface area contributed by atoms with Gasteiger partial charge in [-0.2, -0.15) is 5.10 Å². The van der Waals surface area contributed by atoms with Crippen LogP contribution in [-0.2, 0) is 28.5 Å². The second kappa shape index (κ2) is 13.2. The highest BCUT2D eigenvalue weighted by Crippen LogP contribution is 2.43. The first-order valence-electron chi connectivity index (χ1n) is 13.1. The lowest BCUT2D eigenvalue weighted by atomic mass is 9.79. The number of carbonyl (C=O) groups is 2. The van der Waals surface area contributed by atoms with Gasteiger partial charge in [0.1, 0.15) is 13.2 Å². The number of esters is 2. The summed E-state index contributed by atoms with van der Waals surface area (Å²) in [5, 5.41) is 8.15. The lowest BCUT2D eigenvalue weighted by Crippen LogP contribution is -2.33.